The van der Waals surface area contributed by atoms with E-state index in [1.807, 2.05) is 13.8 Å². The molecule has 3 N–H and O–H groups in total. The van der Waals surface area contributed by atoms with Gasteiger partial charge >= 0.3 is 0 Å². The van der Waals surface area contributed by atoms with Gasteiger partial charge in [0.15, 0.2) is 0 Å². The van der Waals surface area contributed by atoms with Gasteiger partial charge in [-0.25, -0.2) is 13.6 Å². The fourth-order valence-corrected chi connectivity index (χ4v) is 2.90. The van der Waals surface area contributed by atoms with Gasteiger partial charge in [0.05, 0.1) is 6.61 Å². The van der Waals surface area contributed by atoms with Crippen molar-refractivity contribution in [1.82, 2.24) is 10.4 Å². The molecule has 8 heteroatoms. The van der Waals surface area contributed by atoms with Gasteiger partial charge in [-0.05, 0) is 17.5 Å². The molecule has 1 aromatic carbocycles. The lowest BCUT2D eigenvalue weighted by molar-refractivity contribution is 0.229. The summed E-state index contributed by atoms with van der Waals surface area (Å²) in [5, 5.41) is 22.0. The number of benzene rings is 1. The van der Waals surface area contributed by atoms with Crippen LogP contribution in [0.25, 0.3) is 11.1 Å². The maximum atomic E-state index is 11.5. The van der Waals surface area contributed by atoms with E-state index in [2.05, 4.69) is 10.4 Å². The average Bonchev–Trinajstić information content (AvgIpc) is 2.87. The summed E-state index contributed by atoms with van der Waals surface area (Å²) in [6, 6.07) is 2.98. The molecule has 0 spiro atoms. The van der Waals surface area contributed by atoms with E-state index in [0.29, 0.717) is 11.1 Å². The molecule has 0 aliphatic carbocycles. The first kappa shape index (κ1) is 14.9. The van der Waals surface area contributed by atoms with Gasteiger partial charge in [-0.1, -0.05) is 26.3 Å². The summed E-state index contributed by atoms with van der Waals surface area (Å²) in [5.74, 6) is 0.0455. The molecule has 0 unspecified atom stereocenters. The molecule has 0 fully saturated rings. The molecule has 2 rings (SSSR count). The SMILES string of the molecule is CC[C@H](C)[C@H](CO)c1ccc(S(N)(=O)=O)c2onnc12. The van der Waals surface area contributed by atoms with Gasteiger partial charge in [-0.3, -0.25) is 0 Å². The second-order valence-electron chi connectivity index (χ2n) is 4.82. The van der Waals surface area contributed by atoms with Crippen molar-refractivity contribution < 1.29 is 18.0 Å². The number of hydrogen-bond acceptors (Lipinski definition) is 6. The molecule has 0 aliphatic rings. The fraction of sp³-hybridized carbons (Fsp3) is 0.500. The van der Waals surface area contributed by atoms with Crippen LogP contribution in [-0.4, -0.2) is 30.5 Å². The minimum absolute atomic E-state index is 0.0340. The number of primary sulfonamides is 1. The maximum Gasteiger partial charge on any atom is 0.241 e. The van der Waals surface area contributed by atoms with Crippen LogP contribution in [0.5, 0.6) is 0 Å². The second kappa shape index (κ2) is 5.47. The van der Waals surface area contributed by atoms with Gasteiger partial charge in [0.1, 0.15) is 10.4 Å². The first-order chi connectivity index (χ1) is 9.40. The predicted molar refractivity (Wildman–Crippen MR) is 72.5 cm³/mol. The number of sulfonamides is 1. The van der Waals surface area contributed by atoms with Gasteiger partial charge in [-0.2, -0.15) is 0 Å². The lowest BCUT2D eigenvalue weighted by Crippen LogP contribution is -2.16. The predicted octanol–water partition coefficient (Wildman–Crippen LogP) is 0.992. The standard InChI is InChI=1S/C12H17N3O4S/c1-3-7(2)9(6-16)8-4-5-10(20(13,17)18)12-11(8)14-15-19-12/h4-5,7,9,16H,3,6H2,1-2H3,(H2,13,17,18)/t7-,9-/m0/s1. The van der Waals surface area contributed by atoms with E-state index < -0.39 is 10.0 Å². The normalized spacial score (nSPS) is 15.4. The fourth-order valence-electron chi connectivity index (χ4n) is 2.25. The smallest absolute Gasteiger partial charge is 0.241 e. The van der Waals surface area contributed by atoms with Crippen LogP contribution in [0.4, 0.5) is 0 Å². The van der Waals surface area contributed by atoms with Gasteiger partial charge < -0.3 is 9.63 Å². The van der Waals surface area contributed by atoms with Crippen molar-refractivity contribution in [2.45, 2.75) is 31.1 Å². The monoisotopic (exact) mass is 299 g/mol. The Morgan fingerprint density at radius 3 is 2.70 bits per heavy atom. The Labute approximate surface area is 116 Å². The Hall–Kier alpha value is -1.51. The Bertz CT molecular complexity index is 711. The summed E-state index contributed by atoms with van der Waals surface area (Å²) in [6.07, 6.45) is 0.870. The first-order valence-electron chi connectivity index (χ1n) is 6.28. The van der Waals surface area contributed by atoms with Crippen molar-refractivity contribution in [2.24, 2.45) is 11.1 Å². The summed E-state index contributed by atoms with van der Waals surface area (Å²) in [4.78, 5) is -0.151. The molecule has 110 valence electrons. The number of hydrogen-bond donors (Lipinski definition) is 2. The quantitative estimate of drug-likeness (QED) is 0.849. The van der Waals surface area contributed by atoms with Gasteiger partial charge in [0.2, 0.25) is 15.6 Å². The minimum Gasteiger partial charge on any atom is -0.396 e. The van der Waals surface area contributed by atoms with E-state index >= 15 is 0 Å². The van der Waals surface area contributed by atoms with Gasteiger partial charge in [0.25, 0.3) is 0 Å². The Kier molecular flexibility index (Phi) is 4.07. The maximum absolute atomic E-state index is 11.5. The molecule has 2 atom stereocenters. The van der Waals surface area contributed by atoms with Crippen LogP contribution in [0.1, 0.15) is 31.7 Å². The number of aromatic nitrogens is 2. The van der Waals surface area contributed by atoms with Crippen molar-refractivity contribution in [3.05, 3.63) is 17.7 Å². The zero-order valence-corrected chi connectivity index (χ0v) is 12.1. The van der Waals surface area contributed by atoms with Crippen LogP contribution in [0.3, 0.4) is 0 Å². The van der Waals surface area contributed by atoms with Crippen molar-refractivity contribution in [1.29, 1.82) is 0 Å². The summed E-state index contributed by atoms with van der Waals surface area (Å²) in [6.45, 7) is 3.96. The van der Waals surface area contributed by atoms with E-state index in [4.69, 9.17) is 9.66 Å². The minimum atomic E-state index is -3.91. The largest absolute Gasteiger partial charge is 0.396 e. The molecule has 0 saturated heterocycles. The molecule has 0 saturated carbocycles. The lowest BCUT2D eigenvalue weighted by atomic mass is 9.85. The van der Waals surface area contributed by atoms with E-state index in [1.54, 1.807) is 6.07 Å². The van der Waals surface area contributed by atoms with E-state index in [-0.39, 0.29) is 28.9 Å². The summed E-state index contributed by atoms with van der Waals surface area (Å²) in [5.41, 5.74) is 1.08. The molecule has 7 nitrogen and oxygen atoms in total. The third kappa shape index (κ3) is 2.54. The molecular formula is C12H17N3O4S. The van der Waals surface area contributed by atoms with Crippen LogP contribution in [-0.2, 0) is 10.0 Å². The highest BCUT2D eigenvalue weighted by atomic mass is 32.2. The molecule has 1 aromatic heterocycles. The van der Waals surface area contributed by atoms with Crippen LogP contribution >= 0.6 is 0 Å². The van der Waals surface area contributed by atoms with Crippen molar-refractivity contribution in [3.8, 4) is 0 Å². The van der Waals surface area contributed by atoms with E-state index in [1.165, 1.54) is 6.07 Å². The van der Waals surface area contributed by atoms with Crippen LogP contribution < -0.4 is 5.14 Å². The van der Waals surface area contributed by atoms with Crippen molar-refractivity contribution in [3.63, 3.8) is 0 Å². The van der Waals surface area contributed by atoms with Gasteiger partial charge in [-0.15, -0.1) is 5.10 Å². The number of nitrogens with two attached hydrogens (primary N) is 1. The zero-order chi connectivity index (χ0) is 14.9. The lowest BCUT2D eigenvalue weighted by Gasteiger charge is -2.21. The van der Waals surface area contributed by atoms with Crippen LogP contribution in [0, 0.1) is 5.92 Å². The number of rotatable bonds is 5. The molecule has 1 heterocycles. The number of nitrogens with zero attached hydrogens (tertiary/aromatic N) is 2. The highest BCUT2D eigenvalue weighted by Gasteiger charge is 2.25. The third-order valence-corrected chi connectivity index (χ3v) is 4.57. The number of aliphatic hydroxyl groups is 1. The summed E-state index contributed by atoms with van der Waals surface area (Å²) in [7, 11) is -3.91. The summed E-state index contributed by atoms with van der Waals surface area (Å²) < 4.78 is 27.9. The molecule has 0 amide bonds. The molecule has 20 heavy (non-hydrogen) atoms. The van der Waals surface area contributed by atoms with Crippen LogP contribution in [0.2, 0.25) is 0 Å². The van der Waals surface area contributed by atoms with Crippen molar-refractivity contribution >= 4 is 21.1 Å². The third-order valence-electron chi connectivity index (χ3n) is 3.63. The Morgan fingerprint density at radius 1 is 1.45 bits per heavy atom. The van der Waals surface area contributed by atoms with E-state index in [0.717, 1.165) is 6.42 Å². The molecule has 0 aliphatic heterocycles. The Balaban J connectivity index is 2.66. The topological polar surface area (TPSA) is 119 Å². The second-order valence-corrected chi connectivity index (χ2v) is 6.35. The number of fused-ring (bicyclic) bond motifs is 1. The molecule has 2 aromatic rings. The Morgan fingerprint density at radius 2 is 2.15 bits per heavy atom. The molecule has 0 radical (unpaired) electrons. The van der Waals surface area contributed by atoms with Crippen molar-refractivity contribution in [2.75, 3.05) is 6.61 Å². The highest BCUT2D eigenvalue weighted by molar-refractivity contribution is 7.89. The summed E-state index contributed by atoms with van der Waals surface area (Å²) >= 11 is 0. The van der Waals surface area contributed by atoms with Gasteiger partial charge in [0, 0.05) is 11.2 Å². The number of aliphatic hydroxyl groups excluding tert-OH is 1. The van der Waals surface area contributed by atoms with Crippen LogP contribution in [0.15, 0.2) is 21.6 Å². The molecular weight excluding hydrogens is 282 g/mol. The average molecular weight is 299 g/mol. The van der Waals surface area contributed by atoms with E-state index in [9.17, 15) is 13.5 Å². The zero-order valence-electron chi connectivity index (χ0n) is 11.3. The molecule has 0 bridgehead atoms. The highest BCUT2D eigenvalue weighted by Crippen LogP contribution is 2.33. The first-order valence-corrected chi connectivity index (χ1v) is 7.83.